The molecule has 3 aliphatic rings. The number of anilines is 2. The molecule has 2 saturated carbocycles. The molecule has 2 fully saturated rings. The summed E-state index contributed by atoms with van der Waals surface area (Å²) in [4.78, 5) is 4.48. The summed E-state index contributed by atoms with van der Waals surface area (Å²) in [5.41, 5.74) is 10.2. The summed E-state index contributed by atoms with van der Waals surface area (Å²) in [5.74, 6) is 0.488. The minimum Gasteiger partial charge on any atom is -0.383 e. The number of fused-ring (bicyclic) bond motifs is 1. The number of nitriles is 1. The fourth-order valence-corrected chi connectivity index (χ4v) is 5.18. The number of hydrazine groups is 2. The fourth-order valence-electron chi connectivity index (χ4n) is 4.91. The predicted molar refractivity (Wildman–Crippen MR) is 147 cm³/mol. The van der Waals surface area contributed by atoms with Crippen LogP contribution in [0.15, 0.2) is 54.5 Å². The topological polar surface area (TPSA) is 88.0 Å². The average Bonchev–Trinajstić information content (AvgIpc) is 3.84. The van der Waals surface area contributed by atoms with E-state index >= 15 is 0 Å². The van der Waals surface area contributed by atoms with Gasteiger partial charge in [0.2, 0.25) is 0 Å². The highest BCUT2D eigenvalue weighted by Crippen LogP contribution is 2.38. The quantitative estimate of drug-likeness (QED) is 0.315. The van der Waals surface area contributed by atoms with Crippen molar-refractivity contribution >= 4 is 41.7 Å². The van der Waals surface area contributed by atoms with Gasteiger partial charge in [-0.3, -0.25) is 9.99 Å². The molecule has 6 rings (SSSR count). The highest BCUT2D eigenvalue weighted by Gasteiger charge is 2.38. The molecule has 1 atom stereocenters. The predicted octanol–water partition coefficient (Wildman–Crippen LogP) is 4.34. The molecule has 3 aromatic rings. The summed E-state index contributed by atoms with van der Waals surface area (Å²) in [5, 5.41) is 20.3. The number of benzene rings is 2. The first kappa shape index (κ1) is 23.9. The lowest BCUT2D eigenvalue weighted by Gasteiger charge is -2.34. The number of aromatic nitrogens is 1. The summed E-state index contributed by atoms with van der Waals surface area (Å²) in [6.45, 7) is 0.792. The van der Waals surface area contributed by atoms with Gasteiger partial charge in [-0.1, -0.05) is 36.6 Å². The Bertz CT molecular complexity index is 1420. The summed E-state index contributed by atoms with van der Waals surface area (Å²) in [6.07, 6.45) is 9.57. The molecule has 37 heavy (non-hydrogen) atoms. The smallest absolute Gasteiger partial charge is 0.148 e. The first-order chi connectivity index (χ1) is 17.9. The Kier molecular flexibility index (Phi) is 6.09. The lowest BCUT2D eigenvalue weighted by Crippen LogP contribution is -2.45. The Labute approximate surface area is 221 Å². The summed E-state index contributed by atoms with van der Waals surface area (Å²) in [7, 11) is 2.05. The molecule has 4 N–H and O–H groups in total. The van der Waals surface area contributed by atoms with Gasteiger partial charge in [-0.25, -0.2) is 4.39 Å². The number of halogens is 2. The van der Waals surface area contributed by atoms with Gasteiger partial charge in [-0.05, 0) is 55.0 Å². The summed E-state index contributed by atoms with van der Waals surface area (Å²) in [6, 6.07) is 13.1. The van der Waals surface area contributed by atoms with Gasteiger partial charge >= 0.3 is 0 Å². The molecule has 1 unspecified atom stereocenters. The highest BCUT2D eigenvalue weighted by molar-refractivity contribution is 6.36. The van der Waals surface area contributed by atoms with Crippen LogP contribution in [0.1, 0.15) is 43.2 Å². The minimum atomic E-state index is -0.735. The van der Waals surface area contributed by atoms with Crippen molar-refractivity contribution in [2.75, 3.05) is 17.2 Å². The van der Waals surface area contributed by atoms with E-state index in [2.05, 4.69) is 43.9 Å². The van der Waals surface area contributed by atoms with Crippen LogP contribution in [-0.4, -0.2) is 30.4 Å². The van der Waals surface area contributed by atoms with E-state index in [0.717, 1.165) is 59.7 Å². The van der Waals surface area contributed by atoms with E-state index in [4.69, 9.17) is 11.6 Å². The van der Waals surface area contributed by atoms with Gasteiger partial charge in [0.1, 0.15) is 19.7 Å². The number of pyridine rings is 1. The third-order valence-corrected chi connectivity index (χ3v) is 7.77. The van der Waals surface area contributed by atoms with E-state index in [1.165, 1.54) is 25.0 Å². The molecule has 2 aliphatic carbocycles. The Morgan fingerprint density at radius 1 is 1.22 bits per heavy atom. The fraction of sp³-hybridized carbons (Fsp3) is 0.333. The first-order valence-corrected chi connectivity index (χ1v) is 13.1. The second-order valence-corrected chi connectivity index (χ2v) is 10.8. The van der Waals surface area contributed by atoms with Gasteiger partial charge in [-0.2, -0.15) is 5.26 Å². The molecule has 7 nitrogen and oxygen atoms in total. The van der Waals surface area contributed by atoms with Gasteiger partial charge in [0.05, 0.1) is 32.9 Å². The van der Waals surface area contributed by atoms with Crippen molar-refractivity contribution in [2.45, 2.75) is 43.6 Å². The summed E-state index contributed by atoms with van der Waals surface area (Å²) >= 11 is 6.74. The number of nitrogens with one attached hydrogen (secondary N) is 4. The monoisotopic (exact) mass is 515 g/mol. The lowest BCUT2D eigenvalue weighted by atomic mass is 9.69. The first-order valence-electron chi connectivity index (χ1n) is 12.8. The molecule has 0 spiro atoms. The van der Waals surface area contributed by atoms with E-state index in [1.807, 2.05) is 20.0 Å². The van der Waals surface area contributed by atoms with Crippen LogP contribution in [0.4, 0.5) is 15.8 Å². The SMILES string of the molecule is BC(Nc1cc(Cl)c2ncc(C#N)c(NCCC3CC3)c2c1)(C1=CN(C2CC2)NN1)c1ccc(F)cc1. The average molecular weight is 516 g/mol. The standard InChI is InChI=1S/C27H28BClFN7/c28-27(18-3-5-19(30)6-4-18,24-15-37(36-35-24)21-7-8-21)34-20-11-22-25(32-10-9-16-1-2-16)17(13-31)14-33-26(22)23(29)12-20/h3-6,11-12,14-16,21,34-36H,1-2,7-10,28H2,(H,32,33). The molecule has 0 saturated heterocycles. The molecule has 188 valence electrons. The van der Waals surface area contributed by atoms with Crippen molar-refractivity contribution in [3.63, 3.8) is 0 Å². The molecule has 0 radical (unpaired) electrons. The van der Waals surface area contributed by atoms with E-state index in [0.29, 0.717) is 22.1 Å². The third kappa shape index (κ3) is 4.79. The molecule has 1 aliphatic heterocycles. The van der Waals surface area contributed by atoms with E-state index < -0.39 is 5.44 Å². The van der Waals surface area contributed by atoms with Crippen LogP contribution in [-0.2, 0) is 5.44 Å². The Morgan fingerprint density at radius 3 is 2.70 bits per heavy atom. The maximum absolute atomic E-state index is 13.8. The number of hydrogen-bond donors (Lipinski definition) is 4. The van der Waals surface area contributed by atoms with Crippen molar-refractivity contribution < 1.29 is 4.39 Å². The maximum Gasteiger partial charge on any atom is 0.148 e. The van der Waals surface area contributed by atoms with Crippen LogP contribution in [0.2, 0.25) is 5.02 Å². The largest absolute Gasteiger partial charge is 0.383 e. The third-order valence-electron chi connectivity index (χ3n) is 7.48. The van der Waals surface area contributed by atoms with Crippen molar-refractivity contribution in [2.24, 2.45) is 5.92 Å². The Hall–Kier alpha value is -3.48. The second kappa shape index (κ2) is 9.44. The number of hydrogen-bond acceptors (Lipinski definition) is 7. The molecule has 2 aromatic carbocycles. The second-order valence-electron chi connectivity index (χ2n) is 10.3. The zero-order valence-electron chi connectivity index (χ0n) is 20.6. The zero-order chi connectivity index (χ0) is 25.6. The Balaban J connectivity index is 1.40. The number of rotatable bonds is 9. The molecule has 0 amide bonds. The van der Waals surface area contributed by atoms with Crippen molar-refractivity contribution in [3.05, 3.63) is 76.5 Å². The Morgan fingerprint density at radius 2 is 2.00 bits per heavy atom. The molecule has 2 heterocycles. The molecule has 1 aromatic heterocycles. The minimum absolute atomic E-state index is 0.289. The summed E-state index contributed by atoms with van der Waals surface area (Å²) < 4.78 is 13.8. The van der Waals surface area contributed by atoms with E-state index in [-0.39, 0.29) is 5.82 Å². The van der Waals surface area contributed by atoms with Gasteiger partial charge in [0.15, 0.2) is 0 Å². The van der Waals surface area contributed by atoms with Gasteiger partial charge in [-0.15, -0.1) is 5.53 Å². The molecular formula is C27H28BClFN7. The molecular weight excluding hydrogens is 488 g/mol. The molecule has 10 heteroatoms. The van der Waals surface area contributed by atoms with Crippen LogP contribution in [0.5, 0.6) is 0 Å². The van der Waals surface area contributed by atoms with E-state index in [9.17, 15) is 9.65 Å². The highest BCUT2D eigenvalue weighted by atomic mass is 35.5. The van der Waals surface area contributed by atoms with Crippen molar-refractivity contribution in [3.8, 4) is 6.07 Å². The van der Waals surface area contributed by atoms with Gasteiger partial charge in [0, 0.05) is 36.1 Å². The normalized spacial score (nSPS) is 18.6. The van der Waals surface area contributed by atoms with Crippen molar-refractivity contribution in [1.82, 2.24) is 21.0 Å². The van der Waals surface area contributed by atoms with Crippen molar-refractivity contribution in [1.29, 1.82) is 5.26 Å². The molecule has 0 bridgehead atoms. The number of nitrogens with zero attached hydrogens (tertiary/aromatic N) is 3. The van der Waals surface area contributed by atoms with Gasteiger partial charge < -0.3 is 16.1 Å². The van der Waals surface area contributed by atoms with Crippen LogP contribution in [0.25, 0.3) is 10.9 Å². The van der Waals surface area contributed by atoms with Crippen LogP contribution in [0.3, 0.4) is 0 Å². The van der Waals surface area contributed by atoms with Gasteiger partial charge in [0.25, 0.3) is 0 Å². The lowest BCUT2D eigenvalue weighted by molar-refractivity contribution is 0.260. The zero-order valence-corrected chi connectivity index (χ0v) is 21.4. The van der Waals surface area contributed by atoms with Crippen LogP contribution in [0, 0.1) is 23.1 Å². The van der Waals surface area contributed by atoms with Crippen LogP contribution < -0.4 is 21.6 Å². The maximum atomic E-state index is 13.8. The van der Waals surface area contributed by atoms with Crippen LogP contribution >= 0.6 is 11.6 Å². The van der Waals surface area contributed by atoms with E-state index in [1.54, 1.807) is 18.3 Å².